The summed E-state index contributed by atoms with van der Waals surface area (Å²) in [5, 5.41) is 0. The van der Waals surface area contributed by atoms with Crippen LogP contribution in [0.1, 0.15) is 32.6 Å². The van der Waals surface area contributed by atoms with E-state index in [4.69, 9.17) is 0 Å². The fourth-order valence-corrected chi connectivity index (χ4v) is 0.978. The zero-order valence-corrected chi connectivity index (χ0v) is 8.73. The lowest BCUT2D eigenvalue weighted by Gasteiger charge is -1.90. The summed E-state index contributed by atoms with van der Waals surface area (Å²) >= 11 is 2.22. The number of halogens is 1. The SMILES string of the molecule is C=C(I)C=CCCCCC. The second-order valence-corrected chi connectivity index (χ2v) is 3.73. The zero-order chi connectivity index (χ0) is 7.82. The second kappa shape index (κ2) is 7.32. The molecule has 0 saturated heterocycles. The van der Waals surface area contributed by atoms with E-state index < -0.39 is 0 Å². The fourth-order valence-electron chi connectivity index (χ4n) is 0.723. The fraction of sp³-hybridized carbons (Fsp3) is 0.556. The lowest BCUT2D eigenvalue weighted by molar-refractivity contribution is 0.729. The van der Waals surface area contributed by atoms with Gasteiger partial charge in [-0.1, -0.05) is 38.5 Å². The molecule has 0 heterocycles. The Bertz CT molecular complexity index is 114. The van der Waals surface area contributed by atoms with Crippen LogP contribution >= 0.6 is 22.6 Å². The maximum atomic E-state index is 3.77. The maximum Gasteiger partial charge on any atom is 0.00548 e. The third-order valence-corrected chi connectivity index (χ3v) is 1.63. The summed E-state index contributed by atoms with van der Waals surface area (Å²) in [5.74, 6) is 0. The molecule has 0 spiro atoms. The maximum absolute atomic E-state index is 3.77. The van der Waals surface area contributed by atoms with Gasteiger partial charge in [0.05, 0.1) is 0 Å². The van der Waals surface area contributed by atoms with E-state index in [2.05, 4.69) is 48.2 Å². The van der Waals surface area contributed by atoms with Crippen molar-refractivity contribution in [3.8, 4) is 0 Å². The highest BCUT2D eigenvalue weighted by molar-refractivity contribution is 14.1. The Kier molecular flexibility index (Phi) is 7.47. The van der Waals surface area contributed by atoms with Crippen molar-refractivity contribution < 1.29 is 0 Å². The van der Waals surface area contributed by atoms with Crippen LogP contribution in [-0.4, -0.2) is 0 Å². The van der Waals surface area contributed by atoms with Gasteiger partial charge in [0.25, 0.3) is 0 Å². The first-order chi connectivity index (χ1) is 4.77. The molecular formula is C9H15I. The van der Waals surface area contributed by atoms with Crippen molar-refractivity contribution in [1.82, 2.24) is 0 Å². The Morgan fingerprint density at radius 1 is 1.50 bits per heavy atom. The molecule has 0 atom stereocenters. The summed E-state index contributed by atoms with van der Waals surface area (Å²) in [6.07, 6.45) is 9.45. The van der Waals surface area contributed by atoms with Crippen LogP contribution in [0.15, 0.2) is 22.3 Å². The minimum Gasteiger partial charge on any atom is -0.0856 e. The molecule has 0 N–H and O–H groups in total. The van der Waals surface area contributed by atoms with Crippen molar-refractivity contribution in [2.24, 2.45) is 0 Å². The average molecular weight is 250 g/mol. The topological polar surface area (TPSA) is 0 Å². The van der Waals surface area contributed by atoms with Gasteiger partial charge in [-0.3, -0.25) is 0 Å². The minimum absolute atomic E-state index is 1.12. The third kappa shape index (κ3) is 8.21. The highest BCUT2D eigenvalue weighted by atomic mass is 127. The smallest absolute Gasteiger partial charge is 0.00548 e. The molecule has 0 aromatic rings. The predicted octanol–water partition coefficient (Wildman–Crippen LogP) is 4.07. The van der Waals surface area contributed by atoms with Gasteiger partial charge in [-0.25, -0.2) is 0 Å². The largest absolute Gasteiger partial charge is 0.0856 e. The second-order valence-electron chi connectivity index (χ2n) is 2.35. The van der Waals surface area contributed by atoms with Gasteiger partial charge in [0.2, 0.25) is 0 Å². The van der Waals surface area contributed by atoms with Crippen molar-refractivity contribution in [3.05, 3.63) is 22.3 Å². The van der Waals surface area contributed by atoms with Gasteiger partial charge in [0.15, 0.2) is 0 Å². The quantitative estimate of drug-likeness (QED) is 0.392. The van der Waals surface area contributed by atoms with Crippen LogP contribution < -0.4 is 0 Å². The molecule has 0 aromatic carbocycles. The predicted molar refractivity (Wildman–Crippen MR) is 56.4 cm³/mol. The van der Waals surface area contributed by atoms with Crippen molar-refractivity contribution >= 4 is 22.6 Å². The Balaban J connectivity index is 3.10. The van der Waals surface area contributed by atoms with Crippen LogP contribution in [0.2, 0.25) is 0 Å². The van der Waals surface area contributed by atoms with Crippen LogP contribution in [0, 0.1) is 0 Å². The van der Waals surface area contributed by atoms with Gasteiger partial charge in [0, 0.05) is 3.58 Å². The van der Waals surface area contributed by atoms with E-state index in [1.54, 1.807) is 0 Å². The molecule has 0 aliphatic heterocycles. The van der Waals surface area contributed by atoms with Gasteiger partial charge < -0.3 is 0 Å². The molecule has 0 aromatic heterocycles. The molecular weight excluding hydrogens is 235 g/mol. The summed E-state index contributed by atoms with van der Waals surface area (Å²) in [5.41, 5.74) is 0. The van der Waals surface area contributed by atoms with Crippen molar-refractivity contribution in [2.75, 3.05) is 0 Å². The van der Waals surface area contributed by atoms with Crippen molar-refractivity contribution in [3.63, 3.8) is 0 Å². The zero-order valence-electron chi connectivity index (χ0n) is 6.57. The molecule has 0 fully saturated rings. The summed E-state index contributed by atoms with van der Waals surface area (Å²) in [6, 6.07) is 0. The van der Waals surface area contributed by atoms with E-state index in [0.717, 1.165) is 3.58 Å². The van der Waals surface area contributed by atoms with Crippen LogP contribution in [0.25, 0.3) is 0 Å². The number of hydrogen-bond donors (Lipinski definition) is 0. The van der Waals surface area contributed by atoms with Crippen molar-refractivity contribution in [1.29, 1.82) is 0 Å². The average Bonchev–Trinajstić information content (AvgIpc) is 1.87. The summed E-state index contributed by atoms with van der Waals surface area (Å²) in [4.78, 5) is 0. The third-order valence-electron chi connectivity index (χ3n) is 1.27. The summed E-state index contributed by atoms with van der Waals surface area (Å²) in [7, 11) is 0. The first-order valence-corrected chi connectivity index (χ1v) is 4.86. The first-order valence-electron chi connectivity index (χ1n) is 3.78. The molecule has 0 amide bonds. The molecule has 0 bridgehead atoms. The molecule has 0 saturated carbocycles. The van der Waals surface area contributed by atoms with Gasteiger partial charge in [0.1, 0.15) is 0 Å². The van der Waals surface area contributed by atoms with Crippen LogP contribution in [0.3, 0.4) is 0 Å². The van der Waals surface area contributed by atoms with E-state index in [-0.39, 0.29) is 0 Å². The van der Waals surface area contributed by atoms with Crippen LogP contribution in [0.5, 0.6) is 0 Å². The van der Waals surface area contributed by atoms with Crippen molar-refractivity contribution in [2.45, 2.75) is 32.6 Å². The molecule has 0 rings (SSSR count). The Labute approximate surface area is 77.5 Å². The van der Waals surface area contributed by atoms with E-state index >= 15 is 0 Å². The molecule has 0 aliphatic rings. The number of rotatable bonds is 5. The number of allylic oxidation sites excluding steroid dienone is 3. The van der Waals surface area contributed by atoms with Crippen LogP contribution in [0.4, 0.5) is 0 Å². The number of hydrogen-bond acceptors (Lipinski definition) is 0. The van der Waals surface area contributed by atoms with E-state index in [9.17, 15) is 0 Å². The Morgan fingerprint density at radius 2 is 2.20 bits per heavy atom. The summed E-state index contributed by atoms with van der Waals surface area (Å²) in [6.45, 7) is 6.00. The van der Waals surface area contributed by atoms with E-state index in [1.165, 1.54) is 25.7 Å². The van der Waals surface area contributed by atoms with E-state index in [0.29, 0.717) is 0 Å². The van der Waals surface area contributed by atoms with Gasteiger partial charge in [-0.05, 0) is 35.4 Å². The molecule has 0 aliphatic carbocycles. The molecule has 0 radical (unpaired) electrons. The lowest BCUT2D eigenvalue weighted by atomic mass is 10.2. The van der Waals surface area contributed by atoms with Gasteiger partial charge in [-0.2, -0.15) is 0 Å². The van der Waals surface area contributed by atoms with Crippen LogP contribution in [-0.2, 0) is 0 Å². The molecule has 0 unspecified atom stereocenters. The first kappa shape index (κ1) is 10.2. The monoisotopic (exact) mass is 250 g/mol. The highest BCUT2D eigenvalue weighted by Crippen LogP contribution is 2.05. The molecule has 10 heavy (non-hydrogen) atoms. The standard InChI is InChI=1S/C9H15I/c1-3-4-5-6-7-8-9(2)10/h7-8H,2-6H2,1H3. The molecule has 58 valence electrons. The van der Waals surface area contributed by atoms with E-state index in [1.807, 2.05) is 0 Å². The molecule has 1 heteroatoms. The number of unbranched alkanes of at least 4 members (excludes halogenated alkanes) is 3. The summed E-state index contributed by atoms with van der Waals surface area (Å²) < 4.78 is 1.12. The normalized spacial score (nSPS) is 10.6. The minimum atomic E-state index is 1.12. The highest BCUT2D eigenvalue weighted by Gasteiger charge is 1.81. The Hall–Kier alpha value is 0.210. The van der Waals surface area contributed by atoms with Gasteiger partial charge in [-0.15, -0.1) is 0 Å². The van der Waals surface area contributed by atoms with Gasteiger partial charge >= 0.3 is 0 Å². The molecule has 0 nitrogen and oxygen atoms in total. The lowest BCUT2D eigenvalue weighted by Crippen LogP contribution is -1.70. The Morgan fingerprint density at radius 3 is 2.70 bits per heavy atom.